The van der Waals surface area contributed by atoms with Gasteiger partial charge >= 0.3 is 5.97 Å². The number of esters is 1. The summed E-state index contributed by atoms with van der Waals surface area (Å²) in [4.78, 5) is 28.9. The van der Waals surface area contributed by atoms with Gasteiger partial charge < -0.3 is 29.2 Å². The molecule has 2 aromatic heterocycles. The number of benzene rings is 1. The van der Waals surface area contributed by atoms with Gasteiger partial charge in [0.2, 0.25) is 6.79 Å². The largest absolute Gasteiger partial charge is 0.507 e. The molecule has 2 aliphatic rings. The number of hydrogen-bond acceptors (Lipinski definition) is 8. The highest BCUT2D eigenvalue weighted by Crippen LogP contribution is 2.41. The summed E-state index contributed by atoms with van der Waals surface area (Å²) in [5.74, 6) is 0.545. The molecule has 30 heavy (non-hydrogen) atoms. The van der Waals surface area contributed by atoms with Crippen molar-refractivity contribution in [1.29, 1.82) is 0 Å². The topological polar surface area (TPSA) is 112 Å². The van der Waals surface area contributed by atoms with Crippen LogP contribution in [0.1, 0.15) is 23.6 Å². The van der Waals surface area contributed by atoms with Crippen molar-refractivity contribution in [2.75, 3.05) is 13.8 Å². The fourth-order valence-corrected chi connectivity index (χ4v) is 4.02. The minimum absolute atomic E-state index is 0.0438. The first kappa shape index (κ1) is 18.4. The molecule has 2 N–H and O–H groups in total. The molecule has 0 saturated heterocycles. The Labute approximate surface area is 170 Å². The van der Waals surface area contributed by atoms with E-state index in [0.717, 1.165) is 16.5 Å². The molecule has 1 aromatic carbocycles. The number of aromatic nitrogens is 2. The van der Waals surface area contributed by atoms with Gasteiger partial charge in [-0.2, -0.15) is 0 Å². The molecule has 4 heterocycles. The minimum Gasteiger partial charge on any atom is -0.507 e. The quantitative estimate of drug-likeness (QED) is 0.490. The van der Waals surface area contributed by atoms with Crippen molar-refractivity contribution < 1.29 is 24.1 Å². The van der Waals surface area contributed by atoms with Crippen molar-refractivity contribution in [2.45, 2.75) is 26.6 Å². The van der Waals surface area contributed by atoms with Crippen molar-refractivity contribution in [1.82, 2.24) is 14.9 Å². The normalized spacial score (nSPS) is 13.4. The molecule has 0 radical (unpaired) electrons. The van der Waals surface area contributed by atoms with Crippen molar-refractivity contribution in [3.8, 4) is 28.6 Å². The van der Waals surface area contributed by atoms with E-state index in [1.165, 1.54) is 13.0 Å². The Morgan fingerprint density at radius 2 is 2.03 bits per heavy atom. The summed E-state index contributed by atoms with van der Waals surface area (Å²) in [6, 6.07) is 5.24. The molecule has 5 rings (SSSR count). The summed E-state index contributed by atoms with van der Waals surface area (Å²) in [5, 5.41) is 14.5. The maximum Gasteiger partial charge on any atom is 0.302 e. The second kappa shape index (κ2) is 6.74. The number of rotatable bonds is 4. The molecule has 0 atom stereocenters. The van der Waals surface area contributed by atoms with E-state index in [1.807, 2.05) is 19.2 Å². The molecule has 0 bridgehead atoms. The fourth-order valence-electron chi connectivity index (χ4n) is 4.02. The predicted molar refractivity (Wildman–Crippen MR) is 107 cm³/mol. The van der Waals surface area contributed by atoms with E-state index >= 15 is 0 Å². The summed E-state index contributed by atoms with van der Waals surface area (Å²) in [6.07, 6.45) is 0. The molecule has 3 aromatic rings. The highest BCUT2D eigenvalue weighted by molar-refractivity contribution is 5.90. The maximum atomic E-state index is 13.0. The first-order valence-corrected chi connectivity index (χ1v) is 9.47. The molecule has 9 heteroatoms. The van der Waals surface area contributed by atoms with Gasteiger partial charge in [-0.05, 0) is 18.7 Å². The van der Waals surface area contributed by atoms with E-state index in [1.54, 1.807) is 4.57 Å². The Morgan fingerprint density at radius 1 is 1.27 bits per heavy atom. The van der Waals surface area contributed by atoms with Gasteiger partial charge in [0.05, 0.1) is 29.0 Å². The summed E-state index contributed by atoms with van der Waals surface area (Å²) >= 11 is 0. The smallest absolute Gasteiger partial charge is 0.302 e. The summed E-state index contributed by atoms with van der Waals surface area (Å²) < 4.78 is 17.5. The molecule has 0 fully saturated rings. The lowest BCUT2D eigenvalue weighted by molar-refractivity contribution is -0.142. The number of ether oxygens (including phenoxy) is 3. The Hall–Kier alpha value is -3.59. The first-order chi connectivity index (χ1) is 14.5. The van der Waals surface area contributed by atoms with E-state index in [4.69, 9.17) is 19.2 Å². The zero-order valence-corrected chi connectivity index (χ0v) is 16.4. The van der Waals surface area contributed by atoms with Crippen molar-refractivity contribution >= 4 is 16.9 Å². The van der Waals surface area contributed by atoms with Crippen molar-refractivity contribution in [3.05, 3.63) is 45.2 Å². The molecule has 9 nitrogen and oxygen atoms in total. The van der Waals surface area contributed by atoms with Gasteiger partial charge in [-0.15, -0.1) is 0 Å². The van der Waals surface area contributed by atoms with Crippen LogP contribution in [0.3, 0.4) is 0 Å². The number of pyridine rings is 2. The lowest BCUT2D eigenvalue weighted by atomic mass is 10.00. The lowest BCUT2D eigenvalue weighted by Gasteiger charge is -2.12. The van der Waals surface area contributed by atoms with Crippen LogP contribution in [0.15, 0.2) is 23.0 Å². The van der Waals surface area contributed by atoms with Gasteiger partial charge in [0, 0.05) is 36.6 Å². The van der Waals surface area contributed by atoms with Gasteiger partial charge in [0.1, 0.15) is 12.4 Å². The predicted octanol–water partition coefficient (Wildman–Crippen LogP) is 1.64. The van der Waals surface area contributed by atoms with E-state index < -0.39 is 11.5 Å². The number of carbonyl (C=O) groups excluding carboxylic acids is 1. The number of hydrogen-bond donors (Lipinski definition) is 2. The highest BCUT2D eigenvalue weighted by Gasteiger charge is 2.29. The number of fused-ring (bicyclic) bond motifs is 5. The van der Waals surface area contributed by atoms with Crippen LogP contribution < -0.4 is 20.3 Å². The number of nitrogens with one attached hydrogen (secondary N) is 1. The van der Waals surface area contributed by atoms with Gasteiger partial charge in [-0.3, -0.25) is 9.59 Å². The van der Waals surface area contributed by atoms with Gasteiger partial charge in [-0.25, -0.2) is 4.98 Å². The average Bonchev–Trinajstić information content (AvgIpc) is 3.30. The molecule has 0 aliphatic carbocycles. The molecule has 0 saturated carbocycles. The molecule has 0 spiro atoms. The second-order valence-electron chi connectivity index (χ2n) is 7.24. The number of carbonyl (C=O) groups is 1. The van der Waals surface area contributed by atoms with Crippen molar-refractivity contribution in [2.24, 2.45) is 0 Å². The standard InChI is InChI=1S/C21H19N3O6/c1-10(25)28-8-14-17(26)5-16-20-13(7-24(16)21(14)27)12(6-22-2)11-3-18-19(30-9-29-18)4-15(11)23-20/h3-5,22,26H,6-9H2,1-2H3. The zero-order valence-electron chi connectivity index (χ0n) is 16.4. The Bertz CT molecular complexity index is 1280. The average molecular weight is 409 g/mol. The van der Waals surface area contributed by atoms with E-state index in [2.05, 4.69) is 5.32 Å². The molecule has 154 valence electrons. The summed E-state index contributed by atoms with van der Waals surface area (Å²) in [7, 11) is 1.85. The molecular weight excluding hydrogens is 390 g/mol. The Morgan fingerprint density at radius 3 is 2.77 bits per heavy atom. The van der Waals surface area contributed by atoms with Crippen LogP contribution in [0, 0.1) is 0 Å². The summed E-state index contributed by atoms with van der Waals surface area (Å²) in [5.41, 5.74) is 3.42. The molecule has 2 aliphatic heterocycles. The second-order valence-corrected chi connectivity index (χ2v) is 7.24. The van der Waals surface area contributed by atoms with Crippen LogP contribution in [-0.4, -0.2) is 34.5 Å². The Kier molecular flexibility index (Phi) is 4.14. The van der Waals surface area contributed by atoms with Crippen LogP contribution in [-0.2, 0) is 29.2 Å². The monoisotopic (exact) mass is 409 g/mol. The minimum atomic E-state index is -0.524. The third-order valence-corrected chi connectivity index (χ3v) is 5.41. The van der Waals surface area contributed by atoms with E-state index in [0.29, 0.717) is 41.5 Å². The van der Waals surface area contributed by atoms with Gasteiger partial charge in [0.25, 0.3) is 5.56 Å². The summed E-state index contributed by atoms with van der Waals surface area (Å²) in [6.45, 7) is 2.02. The van der Waals surface area contributed by atoms with Crippen LogP contribution in [0.4, 0.5) is 0 Å². The van der Waals surface area contributed by atoms with Crippen LogP contribution in [0.5, 0.6) is 17.2 Å². The SMILES string of the molecule is CNCc1c2c(nc3cc4c(cc13)OCO4)-c1cc(O)c(COC(C)=O)c(=O)n1C2. The zero-order chi connectivity index (χ0) is 21.0. The van der Waals surface area contributed by atoms with Crippen LogP contribution in [0.25, 0.3) is 22.3 Å². The third kappa shape index (κ3) is 2.70. The molecular formula is C21H19N3O6. The lowest BCUT2D eigenvalue weighted by Crippen LogP contribution is -2.24. The molecule has 0 amide bonds. The molecule has 0 unspecified atom stereocenters. The van der Waals surface area contributed by atoms with Gasteiger partial charge in [-0.1, -0.05) is 0 Å². The Balaban J connectivity index is 1.72. The fraction of sp³-hybridized carbons (Fsp3) is 0.286. The maximum absolute atomic E-state index is 13.0. The van der Waals surface area contributed by atoms with Gasteiger partial charge in [0.15, 0.2) is 11.5 Å². The first-order valence-electron chi connectivity index (χ1n) is 9.47. The number of nitrogens with zero attached hydrogens (tertiary/aromatic N) is 2. The van der Waals surface area contributed by atoms with E-state index in [9.17, 15) is 14.7 Å². The third-order valence-electron chi connectivity index (χ3n) is 5.41. The highest BCUT2D eigenvalue weighted by atomic mass is 16.7. The number of aromatic hydroxyl groups is 1. The van der Waals surface area contributed by atoms with Crippen LogP contribution >= 0.6 is 0 Å². The van der Waals surface area contributed by atoms with Crippen LogP contribution in [0.2, 0.25) is 0 Å². The van der Waals surface area contributed by atoms with E-state index in [-0.39, 0.29) is 24.7 Å². The van der Waals surface area contributed by atoms with Crippen molar-refractivity contribution in [3.63, 3.8) is 0 Å².